The molecular formula is C21H20ClNOS. The second-order valence-corrected chi connectivity index (χ2v) is 7.54. The van der Waals surface area contributed by atoms with Gasteiger partial charge in [0.15, 0.2) is 0 Å². The molecule has 0 saturated heterocycles. The van der Waals surface area contributed by atoms with Gasteiger partial charge in [-0.3, -0.25) is 4.79 Å². The first-order chi connectivity index (χ1) is 12.2. The van der Waals surface area contributed by atoms with Crippen LogP contribution in [0.4, 0.5) is 0 Å². The van der Waals surface area contributed by atoms with Crippen LogP contribution >= 0.6 is 23.4 Å². The Balaban J connectivity index is 1.66. The third kappa shape index (κ3) is 4.56. The first-order valence-electron chi connectivity index (χ1n) is 8.34. The highest BCUT2D eigenvalue weighted by molar-refractivity contribution is 8.00. The number of carbonyl (C=O) groups excluding carboxylic acids is 1. The van der Waals surface area contributed by atoms with Gasteiger partial charge in [0.1, 0.15) is 0 Å². The van der Waals surface area contributed by atoms with E-state index in [1.165, 1.54) is 10.8 Å². The van der Waals surface area contributed by atoms with Gasteiger partial charge in [-0.15, -0.1) is 11.8 Å². The van der Waals surface area contributed by atoms with Crippen LogP contribution in [0.2, 0.25) is 5.02 Å². The number of hydrogen-bond acceptors (Lipinski definition) is 2. The summed E-state index contributed by atoms with van der Waals surface area (Å²) in [5.74, 6) is 0.0652. The summed E-state index contributed by atoms with van der Waals surface area (Å²) in [4.78, 5) is 13.6. The van der Waals surface area contributed by atoms with E-state index in [0.29, 0.717) is 11.6 Å². The fourth-order valence-corrected chi connectivity index (χ4v) is 3.85. The molecule has 0 radical (unpaired) electrons. The lowest BCUT2D eigenvalue weighted by atomic mass is 10.0. The van der Waals surface area contributed by atoms with E-state index in [2.05, 4.69) is 29.6 Å². The van der Waals surface area contributed by atoms with Crippen molar-refractivity contribution in [2.24, 2.45) is 0 Å². The second-order valence-electron chi connectivity index (χ2n) is 5.82. The van der Waals surface area contributed by atoms with E-state index in [4.69, 9.17) is 11.6 Å². The van der Waals surface area contributed by atoms with Gasteiger partial charge in [-0.1, -0.05) is 61.0 Å². The van der Waals surface area contributed by atoms with Crippen molar-refractivity contribution in [2.75, 3.05) is 0 Å². The summed E-state index contributed by atoms with van der Waals surface area (Å²) < 4.78 is 0. The Labute approximate surface area is 157 Å². The molecule has 25 heavy (non-hydrogen) atoms. The van der Waals surface area contributed by atoms with Crippen LogP contribution < -0.4 is 5.32 Å². The van der Waals surface area contributed by atoms with Crippen LogP contribution in [0.15, 0.2) is 71.6 Å². The Morgan fingerprint density at radius 1 is 1.04 bits per heavy atom. The maximum atomic E-state index is 12.6. The number of thioether (sulfide) groups is 1. The zero-order valence-corrected chi connectivity index (χ0v) is 15.6. The van der Waals surface area contributed by atoms with E-state index in [1.807, 2.05) is 49.4 Å². The molecule has 3 rings (SSSR count). The summed E-state index contributed by atoms with van der Waals surface area (Å²) in [6.07, 6.45) is 0.772. The molecule has 4 heteroatoms. The van der Waals surface area contributed by atoms with Crippen LogP contribution in [0.5, 0.6) is 0 Å². The van der Waals surface area contributed by atoms with Crippen molar-refractivity contribution >= 4 is 40.0 Å². The Bertz CT molecular complexity index is 858. The largest absolute Gasteiger partial charge is 0.351 e. The fraction of sp³-hybridized carbons (Fsp3) is 0.190. The Hall–Kier alpha value is -1.97. The van der Waals surface area contributed by atoms with E-state index in [0.717, 1.165) is 16.9 Å². The highest BCUT2D eigenvalue weighted by atomic mass is 35.5. The van der Waals surface area contributed by atoms with Crippen molar-refractivity contribution in [3.8, 4) is 0 Å². The number of benzene rings is 3. The van der Waals surface area contributed by atoms with Gasteiger partial charge in [0, 0.05) is 16.5 Å². The molecule has 3 aromatic carbocycles. The van der Waals surface area contributed by atoms with E-state index in [9.17, 15) is 4.79 Å². The van der Waals surface area contributed by atoms with Gasteiger partial charge < -0.3 is 5.32 Å². The monoisotopic (exact) mass is 369 g/mol. The number of carbonyl (C=O) groups is 1. The number of amides is 1. The molecule has 0 aliphatic carbocycles. The standard InChI is InChI=1S/C21H20ClNOS/c1-2-20(25-18-12-10-17(22)11-13-18)21(24)23-14-16-8-5-7-15-6-3-4-9-19(15)16/h3-13,20H,2,14H2,1H3,(H,23,24). The molecular weight excluding hydrogens is 350 g/mol. The molecule has 1 N–H and O–H groups in total. The van der Waals surface area contributed by atoms with E-state index in [1.54, 1.807) is 11.8 Å². The van der Waals surface area contributed by atoms with Gasteiger partial charge in [-0.2, -0.15) is 0 Å². The molecule has 0 aromatic heterocycles. The van der Waals surface area contributed by atoms with Crippen LogP contribution in [0, 0.1) is 0 Å². The normalized spacial score (nSPS) is 12.1. The Morgan fingerprint density at radius 2 is 1.76 bits per heavy atom. The maximum absolute atomic E-state index is 12.6. The Morgan fingerprint density at radius 3 is 2.52 bits per heavy atom. The first kappa shape index (κ1) is 17.8. The lowest BCUT2D eigenvalue weighted by Crippen LogP contribution is -2.31. The molecule has 0 saturated carbocycles. The molecule has 1 unspecified atom stereocenters. The molecule has 3 aromatic rings. The summed E-state index contributed by atoms with van der Waals surface area (Å²) in [5.41, 5.74) is 1.14. The maximum Gasteiger partial charge on any atom is 0.233 e. The van der Waals surface area contributed by atoms with Crippen molar-refractivity contribution in [1.29, 1.82) is 0 Å². The van der Waals surface area contributed by atoms with E-state index >= 15 is 0 Å². The summed E-state index contributed by atoms with van der Waals surface area (Å²) in [6.45, 7) is 2.57. The van der Waals surface area contributed by atoms with Crippen molar-refractivity contribution in [1.82, 2.24) is 5.32 Å². The van der Waals surface area contributed by atoms with E-state index < -0.39 is 0 Å². The Kier molecular flexibility index (Phi) is 6.00. The van der Waals surface area contributed by atoms with Gasteiger partial charge >= 0.3 is 0 Å². The molecule has 0 spiro atoms. The molecule has 1 amide bonds. The van der Waals surface area contributed by atoms with Crippen LogP contribution in [0.25, 0.3) is 10.8 Å². The summed E-state index contributed by atoms with van der Waals surface area (Å²) >= 11 is 7.49. The van der Waals surface area contributed by atoms with Crippen molar-refractivity contribution in [3.05, 3.63) is 77.3 Å². The highest BCUT2D eigenvalue weighted by Crippen LogP contribution is 2.27. The van der Waals surface area contributed by atoms with Crippen molar-refractivity contribution < 1.29 is 4.79 Å². The molecule has 0 aliphatic rings. The zero-order chi connectivity index (χ0) is 17.6. The topological polar surface area (TPSA) is 29.1 Å². The number of fused-ring (bicyclic) bond motifs is 1. The molecule has 0 fully saturated rings. The van der Waals surface area contributed by atoms with Crippen LogP contribution in [0.1, 0.15) is 18.9 Å². The molecule has 0 aliphatic heterocycles. The van der Waals surface area contributed by atoms with Gasteiger partial charge in [0.25, 0.3) is 0 Å². The van der Waals surface area contributed by atoms with Crippen molar-refractivity contribution in [3.63, 3.8) is 0 Å². The molecule has 1 atom stereocenters. The van der Waals surface area contributed by atoms with Crippen LogP contribution in [-0.2, 0) is 11.3 Å². The lowest BCUT2D eigenvalue weighted by Gasteiger charge is -2.15. The highest BCUT2D eigenvalue weighted by Gasteiger charge is 2.17. The van der Waals surface area contributed by atoms with E-state index in [-0.39, 0.29) is 11.2 Å². The smallest absolute Gasteiger partial charge is 0.233 e. The minimum absolute atomic E-state index is 0.0652. The minimum atomic E-state index is -0.115. The zero-order valence-electron chi connectivity index (χ0n) is 14.0. The molecule has 0 bridgehead atoms. The molecule has 2 nitrogen and oxygen atoms in total. The molecule has 128 valence electrons. The van der Waals surface area contributed by atoms with Crippen LogP contribution in [0.3, 0.4) is 0 Å². The lowest BCUT2D eigenvalue weighted by molar-refractivity contribution is -0.120. The van der Waals surface area contributed by atoms with Gasteiger partial charge in [-0.05, 0) is 47.0 Å². The quantitative estimate of drug-likeness (QED) is 0.566. The van der Waals surface area contributed by atoms with Gasteiger partial charge in [0.2, 0.25) is 5.91 Å². The summed E-state index contributed by atoms with van der Waals surface area (Å²) in [5, 5.41) is 6.06. The average molecular weight is 370 g/mol. The third-order valence-electron chi connectivity index (χ3n) is 4.09. The third-order valence-corrected chi connectivity index (χ3v) is 5.72. The predicted octanol–water partition coefficient (Wildman–Crippen LogP) is 5.68. The summed E-state index contributed by atoms with van der Waals surface area (Å²) in [6, 6.07) is 22.0. The fourth-order valence-electron chi connectivity index (χ4n) is 2.74. The second kappa shape index (κ2) is 8.41. The van der Waals surface area contributed by atoms with Gasteiger partial charge in [-0.25, -0.2) is 0 Å². The number of nitrogens with one attached hydrogen (secondary N) is 1. The number of hydrogen-bond donors (Lipinski definition) is 1. The van der Waals surface area contributed by atoms with Crippen molar-refractivity contribution in [2.45, 2.75) is 30.0 Å². The minimum Gasteiger partial charge on any atom is -0.351 e. The summed E-state index contributed by atoms with van der Waals surface area (Å²) in [7, 11) is 0. The average Bonchev–Trinajstić information content (AvgIpc) is 2.65. The van der Waals surface area contributed by atoms with Crippen LogP contribution in [-0.4, -0.2) is 11.2 Å². The molecule has 0 heterocycles. The number of rotatable bonds is 6. The first-order valence-corrected chi connectivity index (χ1v) is 9.59. The van der Waals surface area contributed by atoms with Gasteiger partial charge in [0.05, 0.1) is 5.25 Å². The predicted molar refractivity (Wildman–Crippen MR) is 107 cm³/mol. The number of halogens is 1. The SMILES string of the molecule is CCC(Sc1ccc(Cl)cc1)C(=O)NCc1cccc2ccccc12.